The van der Waals surface area contributed by atoms with Gasteiger partial charge in [0.2, 0.25) is 0 Å². The Bertz CT molecular complexity index is 527. The van der Waals surface area contributed by atoms with Crippen LogP contribution in [0.15, 0.2) is 29.2 Å². The molecule has 5 heteroatoms. The molecule has 0 aromatic heterocycles. The first kappa shape index (κ1) is 14.0. The fraction of sp³-hybridized carbons (Fsp3) is 0.417. The zero-order valence-electron chi connectivity index (χ0n) is 9.77. The Balaban J connectivity index is 2.84. The lowest BCUT2D eigenvalue weighted by atomic mass is 9.93. The molecule has 1 aromatic carbocycles. The molecule has 0 aliphatic heterocycles. The molecule has 0 spiro atoms. The van der Waals surface area contributed by atoms with Crippen LogP contribution in [0.3, 0.4) is 0 Å². The standard InChI is InChI=1S/C12H14ClNO2S/c1-12(2,9-14)7-8-17(15,16)11-5-3-10(13)4-6-11/h3-6H,7-8H2,1-2H3. The first-order valence-electron chi connectivity index (χ1n) is 5.16. The number of nitrogens with zero attached hydrogens (tertiary/aromatic N) is 1. The SMILES string of the molecule is CC(C)(C#N)CCS(=O)(=O)c1ccc(Cl)cc1. The van der Waals surface area contributed by atoms with E-state index in [2.05, 4.69) is 6.07 Å². The van der Waals surface area contributed by atoms with Gasteiger partial charge in [-0.25, -0.2) is 8.42 Å². The molecule has 0 aliphatic carbocycles. The van der Waals surface area contributed by atoms with Crippen LogP contribution in [0, 0.1) is 16.7 Å². The molecule has 0 unspecified atom stereocenters. The van der Waals surface area contributed by atoms with Crippen LogP contribution in [0.2, 0.25) is 5.02 Å². The summed E-state index contributed by atoms with van der Waals surface area (Å²) in [5.41, 5.74) is -0.626. The normalized spacial score (nSPS) is 12.1. The first-order chi connectivity index (χ1) is 7.77. The van der Waals surface area contributed by atoms with Crippen molar-refractivity contribution in [2.45, 2.75) is 25.2 Å². The maximum Gasteiger partial charge on any atom is 0.178 e. The third-order valence-corrected chi connectivity index (χ3v) is 4.46. The number of halogens is 1. The maximum absolute atomic E-state index is 12.0. The summed E-state index contributed by atoms with van der Waals surface area (Å²) >= 11 is 5.70. The van der Waals surface area contributed by atoms with Gasteiger partial charge in [-0.15, -0.1) is 0 Å². The summed E-state index contributed by atoms with van der Waals surface area (Å²) in [6.45, 7) is 3.45. The van der Waals surface area contributed by atoms with Crippen LogP contribution in [0.1, 0.15) is 20.3 Å². The molecular formula is C12H14ClNO2S. The Morgan fingerprint density at radius 1 is 1.29 bits per heavy atom. The smallest absolute Gasteiger partial charge is 0.178 e. The molecular weight excluding hydrogens is 258 g/mol. The maximum atomic E-state index is 12.0. The van der Waals surface area contributed by atoms with Gasteiger partial charge in [0, 0.05) is 5.02 Å². The van der Waals surface area contributed by atoms with Crippen molar-refractivity contribution in [3.63, 3.8) is 0 Å². The number of hydrogen-bond acceptors (Lipinski definition) is 3. The van der Waals surface area contributed by atoms with Gasteiger partial charge in [0.25, 0.3) is 0 Å². The molecule has 0 radical (unpaired) electrons. The van der Waals surface area contributed by atoms with E-state index in [0.717, 1.165) is 0 Å². The van der Waals surface area contributed by atoms with Crippen LogP contribution >= 0.6 is 11.6 Å². The number of nitriles is 1. The Morgan fingerprint density at radius 3 is 2.29 bits per heavy atom. The molecule has 0 N–H and O–H groups in total. The van der Waals surface area contributed by atoms with Gasteiger partial charge in [0.15, 0.2) is 9.84 Å². The average molecular weight is 272 g/mol. The van der Waals surface area contributed by atoms with Crippen molar-refractivity contribution in [1.82, 2.24) is 0 Å². The predicted octanol–water partition coefficient (Wildman–Crippen LogP) is 3.05. The third-order valence-electron chi connectivity index (χ3n) is 2.47. The second kappa shape index (κ2) is 5.07. The highest BCUT2D eigenvalue weighted by Gasteiger charge is 2.22. The van der Waals surface area contributed by atoms with Crippen molar-refractivity contribution < 1.29 is 8.42 Å². The van der Waals surface area contributed by atoms with Crippen molar-refractivity contribution in [2.75, 3.05) is 5.75 Å². The molecule has 0 saturated heterocycles. The molecule has 1 rings (SSSR count). The second-order valence-electron chi connectivity index (χ2n) is 4.52. The molecule has 0 fully saturated rings. The van der Waals surface area contributed by atoms with E-state index in [1.54, 1.807) is 26.0 Å². The van der Waals surface area contributed by atoms with Gasteiger partial charge < -0.3 is 0 Å². The molecule has 0 amide bonds. The van der Waals surface area contributed by atoms with Crippen LogP contribution in [0.25, 0.3) is 0 Å². The lowest BCUT2D eigenvalue weighted by molar-refractivity contribution is 0.473. The predicted molar refractivity (Wildman–Crippen MR) is 67.5 cm³/mol. The molecule has 0 bridgehead atoms. The molecule has 0 aliphatic rings. The van der Waals surface area contributed by atoms with Crippen molar-refractivity contribution in [1.29, 1.82) is 5.26 Å². The molecule has 1 aromatic rings. The quantitative estimate of drug-likeness (QED) is 0.846. The summed E-state index contributed by atoms with van der Waals surface area (Å²) < 4.78 is 23.9. The highest BCUT2D eigenvalue weighted by molar-refractivity contribution is 7.91. The van der Waals surface area contributed by atoms with Gasteiger partial charge in [-0.1, -0.05) is 11.6 Å². The minimum absolute atomic E-state index is 0.0325. The third kappa shape index (κ3) is 4.03. The zero-order chi connectivity index (χ0) is 13.1. The van der Waals surface area contributed by atoms with Gasteiger partial charge >= 0.3 is 0 Å². The van der Waals surface area contributed by atoms with Gasteiger partial charge in [0.1, 0.15) is 0 Å². The van der Waals surface area contributed by atoms with E-state index >= 15 is 0 Å². The largest absolute Gasteiger partial charge is 0.224 e. The molecule has 17 heavy (non-hydrogen) atoms. The summed E-state index contributed by atoms with van der Waals surface area (Å²) in [5.74, 6) is -0.0325. The lowest BCUT2D eigenvalue weighted by Crippen LogP contribution is -2.16. The molecule has 0 heterocycles. The molecule has 0 saturated carbocycles. The Morgan fingerprint density at radius 2 is 1.82 bits per heavy atom. The van der Waals surface area contributed by atoms with E-state index in [1.165, 1.54) is 12.1 Å². The fourth-order valence-electron chi connectivity index (χ4n) is 1.21. The van der Waals surface area contributed by atoms with Crippen molar-refractivity contribution >= 4 is 21.4 Å². The van der Waals surface area contributed by atoms with Crippen molar-refractivity contribution in [2.24, 2.45) is 5.41 Å². The van der Waals surface area contributed by atoms with Crippen molar-refractivity contribution in [3.8, 4) is 6.07 Å². The topological polar surface area (TPSA) is 57.9 Å². The summed E-state index contributed by atoms with van der Waals surface area (Å²) in [5, 5.41) is 9.34. The van der Waals surface area contributed by atoms with Crippen LogP contribution in [-0.4, -0.2) is 14.2 Å². The highest BCUT2D eigenvalue weighted by atomic mass is 35.5. The molecule has 92 valence electrons. The van der Waals surface area contributed by atoms with E-state index in [1.807, 2.05) is 0 Å². The second-order valence-corrected chi connectivity index (χ2v) is 7.06. The summed E-state index contributed by atoms with van der Waals surface area (Å²) in [4.78, 5) is 0.246. The Kier molecular flexibility index (Phi) is 4.18. The molecule has 3 nitrogen and oxygen atoms in total. The number of benzene rings is 1. The number of sulfone groups is 1. The lowest BCUT2D eigenvalue weighted by Gasteiger charge is -2.14. The van der Waals surface area contributed by atoms with Gasteiger partial charge in [0.05, 0.1) is 22.1 Å². The van der Waals surface area contributed by atoms with E-state index < -0.39 is 15.3 Å². The van der Waals surface area contributed by atoms with Gasteiger partial charge in [-0.3, -0.25) is 0 Å². The van der Waals surface area contributed by atoms with E-state index in [-0.39, 0.29) is 10.6 Å². The summed E-state index contributed by atoms with van der Waals surface area (Å²) in [6.07, 6.45) is 0.314. The fourth-order valence-corrected chi connectivity index (χ4v) is 2.90. The summed E-state index contributed by atoms with van der Waals surface area (Å²) in [6, 6.07) is 8.15. The zero-order valence-corrected chi connectivity index (χ0v) is 11.3. The Labute approximate surface area is 107 Å². The van der Waals surface area contributed by atoms with E-state index in [9.17, 15) is 8.42 Å². The first-order valence-corrected chi connectivity index (χ1v) is 7.19. The molecule has 0 atom stereocenters. The number of hydrogen-bond donors (Lipinski definition) is 0. The monoisotopic (exact) mass is 271 g/mol. The van der Waals surface area contributed by atoms with E-state index in [0.29, 0.717) is 11.4 Å². The Hall–Kier alpha value is -1.05. The summed E-state index contributed by atoms with van der Waals surface area (Å²) in [7, 11) is -3.33. The van der Waals surface area contributed by atoms with Crippen molar-refractivity contribution in [3.05, 3.63) is 29.3 Å². The average Bonchev–Trinajstić information content (AvgIpc) is 2.27. The minimum Gasteiger partial charge on any atom is -0.224 e. The van der Waals surface area contributed by atoms with E-state index in [4.69, 9.17) is 16.9 Å². The highest BCUT2D eigenvalue weighted by Crippen LogP contribution is 2.23. The van der Waals surface area contributed by atoms with Crippen LogP contribution in [0.4, 0.5) is 0 Å². The minimum atomic E-state index is -3.33. The van der Waals surface area contributed by atoms with Gasteiger partial charge in [-0.05, 0) is 44.5 Å². The van der Waals surface area contributed by atoms with Crippen LogP contribution < -0.4 is 0 Å². The van der Waals surface area contributed by atoms with Gasteiger partial charge in [-0.2, -0.15) is 5.26 Å². The van der Waals surface area contributed by atoms with Crippen LogP contribution in [-0.2, 0) is 9.84 Å². The number of rotatable bonds is 4. The van der Waals surface area contributed by atoms with Crippen LogP contribution in [0.5, 0.6) is 0 Å².